The van der Waals surface area contributed by atoms with E-state index in [-0.39, 0.29) is 18.3 Å². The number of aromatic nitrogens is 3. The highest BCUT2D eigenvalue weighted by Crippen LogP contribution is 2.16. The molecule has 0 spiro atoms. The van der Waals surface area contributed by atoms with E-state index in [0.717, 1.165) is 23.5 Å². The summed E-state index contributed by atoms with van der Waals surface area (Å²) in [7, 11) is 0. The van der Waals surface area contributed by atoms with Crippen molar-refractivity contribution < 1.29 is 9.21 Å². The van der Waals surface area contributed by atoms with E-state index in [1.54, 1.807) is 29.4 Å². The summed E-state index contributed by atoms with van der Waals surface area (Å²) in [5.41, 5.74) is 1.80. The van der Waals surface area contributed by atoms with Crippen LogP contribution in [0.1, 0.15) is 0 Å². The van der Waals surface area contributed by atoms with Crippen LogP contribution in [-0.2, 0) is 11.3 Å². The zero-order chi connectivity index (χ0) is 18.6. The third-order valence-corrected chi connectivity index (χ3v) is 4.57. The molecule has 8 heteroatoms. The lowest BCUT2D eigenvalue weighted by Gasteiger charge is -2.36. The molecule has 3 aromatic rings. The Bertz CT molecular complexity index is 960. The third kappa shape index (κ3) is 3.74. The number of hydrogen-bond donors (Lipinski definition) is 0. The van der Waals surface area contributed by atoms with E-state index in [1.807, 2.05) is 18.2 Å². The molecule has 8 nitrogen and oxygen atoms in total. The minimum Gasteiger partial charge on any atom is -0.388 e. The van der Waals surface area contributed by atoms with Gasteiger partial charge in [-0.3, -0.25) is 9.78 Å². The van der Waals surface area contributed by atoms with Gasteiger partial charge < -0.3 is 14.2 Å². The predicted molar refractivity (Wildman–Crippen MR) is 99.2 cm³/mol. The Morgan fingerprint density at radius 3 is 2.41 bits per heavy atom. The van der Waals surface area contributed by atoms with Gasteiger partial charge in [0.05, 0.1) is 0 Å². The third-order valence-electron chi connectivity index (χ3n) is 4.57. The maximum Gasteiger partial charge on any atom is 0.437 e. The van der Waals surface area contributed by atoms with Crippen molar-refractivity contribution in [2.75, 3.05) is 31.1 Å². The highest BCUT2D eigenvalue weighted by atomic mass is 16.4. The molecule has 0 radical (unpaired) electrons. The molecule has 0 atom stereocenters. The Balaban J connectivity index is 1.39. The van der Waals surface area contributed by atoms with E-state index in [1.165, 1.54) is 0 Å². The fraction of sp³-hybridized carbons (Fsp3) is 0.263. The first-order chi connectivity index (χ1) is 13.2. The maximum atomic E-state index is 12.6. The summed E-state index contributed by atoms with van der Waals surface area (Å²) in [6.45, 7) is 2.60. The highest BCUT2D eigenvalue weighted by Gasteiger charge is 2.23. The molecule has 0 saturated carbocycles. The molecule has 1 fully saturated rings. The van der Waals surface area contributed by atoms with E-state index in [4.69, 9.17) is 4.42 Å². The summed E-state index contributed by atoms with van der Waals surface area (Å²) in [4.78, 5) is 32.5. The number of benzene rings is 1. The van der Waals surface area contributed by atoms with Gasteiger partial charge in [0.1, 0.15) is 6.54 Å². The van der Waals surface area contributed by atoms with Gasteiger partial charge in [0.2, 0.25) is 11.8 Å². The highest BCUT2D eigenvalue weighted by molar-refractivity contribution is 5.76. The standard InChI is InChI=1S/C19H19N5O3/c25-17(23-12-10-22(11-13-23)16-4-2-1-3-5-16)14-24-19(26)27-18(21-24)15-6-8-20-9-7-15/h1-9H,10-14H2. The topological polar surface area (TPSA) is 84.5 Å². The van der Waals surface area contributed by atoms with Crippen LogP contribution in [0.25, 0.3) is 11.5 Å². The van der Waals surface area contributed by atoms with Crippen LogP contribution in [-0.4, -0.2) is 51.8 Å². The Morgan fingerprint density at radius 1 is 1.00 bits per heavy atom. The lowest BCUT2D eigenvalue weighted by atomic mass is 10.2. The minimum absolute atomic E-state index is 0.126. The number of amides is 1. The molecule has 3 heterocycles. The number of carbonyl (C=O) groups is 1. The number of anilines is 1. The molecule has 1 amide bonds. The molecule has 138 valence electrons. The monoisotopic (exact) mass is 365 g/mol. The van der Waals surface area contributed by atoms with E-state index in [0.29, 0.717) is 18.7 Å². The number of pyridine rings is 1. The van der Waals surface area contributed by atoms with Crippen molar-refractivity contribution in [2.24, 2.45) is 0 Å². The second kappa shape index (κ2) is 7.45. The van der Waals surface area contributed by atoms with Crippen LogP contribution in [0.15, 0.2) is 64.1 Å². The molecule has 2 aromatic heterocycles. The molecule has 4 rings (SSSR count). The minimum atomic E-state index is -0.641. The molecule has 27 heavy (non-hydrogen) atoms. The SMILES string of the molecule is O=C(Cn1nc(-c2ccncc2)oc1=O)N1CCN(c2ccccc2)CC1. The van der Waals surface area contributed by atoms with Crippen LogP contribution in [0.5, 0.6) is 0 Å². The van der Waals surface area contributed by atoms with Crippen LogP contribution in [0.4, 0.5) is 5.69 Å². The van der Waals surface area contributed by atoms with Gasteiger partial charge in [-0.05, 0) is 24.3 Å². The number of rotatable bonds is 4. The van der Waals surface area contributed by atoms with Crippen molar-refractivity contribution in [3.05, 3.63) is 65.4 Å². The lowest BCUT2D eigenvalue weighted by Crippen LogP contribution is -2.50. The van der Waals surface area contributed by atoms with Crippen molar-refractivity contribution >= 4 is 11.6 Å². The van der Waals surface area contributed by atoms with E-state index in [2.05, 4.69) is 27.1 Å². The van der Waals surface area contributed by atoms with Crippen LogP contribution in [0, 0.1) is 0 Å². The van der Waals surface area contributed by atoms with Gasteiger partial charge in [0.25, 0.3) is 0 Å². The molecule has 1 aliphatic rings. The summed E-state index contributed by atoms with van der Waals surface area (Å²) in [5.74, 6) is -0.596. The molecule has 1 aromatic carbocycles. The first kappa shape index (κ1) is 17.0. The summed E-state index contributed by atoms with van der Waals surface area (Å²) in [6, 6.07) is 13.5. The van der Waals surface area contributed by atoms with Gasteiger partial charge in [-0.25, -0.2) is 4.79 Å². The quantitative estimate of drug-likeness (QED) is 0.692. The first-order valence-electron chi connectivity index (χ1n) is 8.77. The summed E-state index contributed by atoms with van der Waals surface area (Å²) < 4.78 is 6.22. The van der Waals surface area contributed by atoms with Crippen molar-refractivity contribution in [3.63, 3.8) is 0 Å². The number of nitrogens with zero attached hydrogens (tertiary/aromatic N) is 5. The van der Waals surface area contributed by atoms with E-state index in [9.17, 15) is 9.59 Å². The van der Waals surface area contributed by atoms with Crippen molar-refractivity contribution in [1.82, 2.24) is 19.7 Å². The number of carbonyl (C=O) groups excluding carboxylic acids is 1. The van der Waals surface area contributed by atoms with E-state index >= 15 is 0 Å². The molecular weight excluding hydrogens is 346 g/mol. The normalized spacial score (nSPS) is 14.4. The maximum absolute atomic E-state index is 12.6. The molecule has 0 bridgehead atoms. The largest absolute Gasteiger partial charge is 0.437 e. The lowest BCUT2D eigenvalue weighted by molar-refractivity contribution is -0.132. The predicted octanol–water partition coefficient (Wildman–Crippen LogP) is 1.25. The van der Waals surface area contributed by atoms with E-state index < -0.39 is 5.76 Å². The number of para-hydroxylation sites is 1. The fourth-order valence-electron chi connectivity index (χ4n) is 3.10. The Morgan fingerprint density at radius 2 is 1.70 bits per heavy atom. The molecule has 1 saturated heterocycles. The Kier molecular flexibility index (Phi) is 4.69. The second-order valence-corrected chi connectivity index (χ2v) is 6.27. The average molecular weight is 365 g/mol. The summed E-state index contributed by atoms with van der Waals surface area (Å²) in [5, 5.41) is 4.13. The van der Waals surface area contributed by atoms with Gasteiger partial charge in [0, 0.05) is 49.8 Å². The molecular formula is C19H19N5O3. The fourth-order valence-corrected chi connectivity index (χ4v) is 3.10. The van der Waals surface area contributed by atoms with Gasteiger partial charge >= 0.3 is 5.76 Å². The Hall–Kier alpha value is -3.42. The van der Waals surface area contributed by atoms with Gasteiger partial charge in [-0.1, -0.05) is 18.2 Å². The molecule has 0 N–H and O–H groups in total. The van der Waals surface area contributed by atoms with Crippen LogP contribution in [0.2, 0.25) is 0 Å². The molecule has 0 unspecified atom stereocenters. The van der Waals surface area contributed by atoms with Gasteiger partial charge in [0.15, 0.2) is 0 Å². The summed E-state index contributed by atoms with van der Waals surface area (Å²) in [6.07, 6.45) is 3.18. The number of piperazine rings is 1. The zero-order valence-corrected chi connectivity index (χ0v) is 14.7. The molecule has 0 aliphatic carbocycles. The first-order valence-corrected chi connectivity index (χ1v) is 8.77. The smallest absolute Gasteiger partial charge is 0.388 e. The Labute approximate surface area is 155 Å². The summed E-state index contributed by atoms with van der Waals surface area (Å²) >= 11 is 0. The van der Waals surface area contributed by atoms with Crippen molar-refractivity contribution in [2.45, 2.75) is 6.54 Å². The van der Waals surface area contributed by atoms with Crippen molar-refractivity contribution in [3.8, 4) is 11.5 Å². The zero-order valence-electron chi connectivity index (χ0n) is 14.7. The van der Waals surface area contributed by atoms with Gasteiger partial charge in [-0.2, -0.15) is 4.68 Å². The van der Waals surface area contributed by atoms with Crippen LogP contribution < -0.4 is 10.7 Å². The van der Waals surface area contributed by atoms with Gasteiger partial charge in [-0.15, -0.1) is 5.10 Å². The second-order valence-electron chi connectivity index (χ2n) is 6.27. The number of hydrogen-bond acceptors (Lipinski definition) is 6. The molecule has 1 aliphatic heterocycles. The average Bonchev–Trinajstić information content (AvgIpc) is 3.10. The van der Waals surface area contributed by atoms with Crippen molar-refractivity contribution in [1.29, 1.82) is 0 Å². The van der Waals surface area contributed by atoms with Crippen LogP contribution >= 0.6 is 0 Å². The van der Waals surface area contributed by atoms with Crippen LogP contribution in [0.3, 0.4) is 0 Å².